The monoisotopic (exact) mass is 277 g/mol. The molecule has 0 bridgehead atoms. The summed E-state index contributed by atoms with van der Waals surface area (Å²) in [5, 5.41) is 3.31. The minimum Gasteiger partial charge on any atom is -0.378 e. The van der Waals surface area contributed by atoms with E-state index in [0.29, 0.717) is 6.54 Å². The Morgan fingerprint density at radius 2 is 2.19 bits per heavy atom. The number of rotatable bonds is 3. The van der Waals surface area contributed by atoms with Crippen molar-refractivity contribution in [3.05, 3.63) is 52.5 Å². The van der Waals surface area contributed by atoms with Crippen LogP contribution in [0.2, 0.25) is 0 Å². The summed E-state index contributed by atoms with van der Waals surface area (Å²) in [6, 6.07) is 7.86. The number of nitrogens with one attached hydrogen (secondary N) is 1. The Kier molecular flexibility index (Phi) is 3.51. The van der Waals surface area contributed by atoms with Crippen LogP contribution in [0.5, 0.6) is 0 Å². The molecule has 0 atom stereocenters. The number of halogens is 1. The molecule has 82 valence electrons. The molecule has 0 fully saturated rings. The van der Waals surface area contributed by atoms with Crippen molar-refractivity contribution in [3.63, 3.8) is 0 Å². The molecule has 0 amide bonds. The first-order chi connectivity index (χ1) is 7.75. The van der Waals surface area contributed by atoms with Crippen molar-refractivity contribution in [1.82, 2.24) is 9.97 Å². The smallest absolute Gasteiger partial charge is 0.106 e. The Morgan fingerprint density at radius 3 is 2.94 bits per heavy atom. The Balaban J connectivity index is 2.05. The molecule has 0 spiro atoms. The lowest BCUT2D eigenvalue weighted by Gasteiger charge is -2.08. The molecule has 0 aliphatic carbocycles. The van der Waals surface area contributed by atoms with Crippen molar-refractivity contribution in [2.75, 3.05) is 5.32 Å². The van der Waals surface area contributed by atoms with Crippen LogP contribution in [-0.4, -0.2) is 9.97 Å². The molecular weight excluding hydrogens is 266 g/mol. The Labute approximate surface area is 103 Å². The van der Waals surface area contributed by atoms with Crippen LogP contribution in [0.25, 0.3) is 0 Å². The first-order valence-electron chi connectivity index (χ1n) is 5.01. The predicted molar refractivity (Wildman–Crippen MR) is 68.2 cm³/mol. The lowest BCUT2D eigenvalue weighted by Crippen LogP contribution is -2.03. The van der Waals surface area contributed by atoms with Gasteiger partial charge in [-0.3, -0.25) is 4.98 Å². The molecular formula is C12H12BrN3. The van der Waals surface area contributed by atoms with E-state index in [4.69, 9.17) is 0 Å². The molecule has 2 aromatic heterocycles. The standard InChI is InChI=1S/C12H12BrN3/c1-9-5-6-14-8-11(9)15-7-10-3-2-4-12(13)16-10/h2-6,8,15H,7H2,1H3. The van der Waals surface area contributed by atoms with Gasteiger partial charge in [0.15, 0.2) is 0 Å². The molecule has 0 saturated heterocycles. The molecule has 0 saturated carbocycles. The average molecular weight is 278 g/mol. The summed E-state index contributed by atoms with van der Waals surface area (Å²) < 4.78 is 0.856. The van der Waals surface area contributed by atoms with Crippen molar-refractivity contribution in [2.45, 2.75) is 13.5 Å². The summed E-state index contributed by atoms with van der Waals surface area (Å²) in [5.74, 6) is 0. The summed E-state index contributed by atoms with van der Waals surface area (Å²) in [5.41, 5.74) is 3.23. The van der Waals surface area contributed by atoms with Crippen LogP contribution in [-0.2, 0) is 6.54 Å². The molecule has 0 aliphatic heterocycles. The lowest BCUT2D eigenvalue weighted by atomic mass is 10.2. The summed E-state index contributed by atoms with van der Waals surface area (Å²) in [6.07, 6.45) is 3.62. The van der Waals surface area contributed by atoms with E-state index in [9.17, 15) is 0 Å². The van der Waals surface area contributed by atoms with E-state index < -0.39 is 0 Å². The van der Waals surface area contributed by atoms with Crippen molar-refractivity contribution in [1.29, 1.82) is 0 Å². The van der Waals surface area contributed by atoms with Crippen LogP contribution in [0, 0.1) is 6.92 Å². The summed E-state index contributed by atoms with van der Waals surface area (Å²) >= 11 is 3.35. The fourth-order valence-corrected chi connectivity index (χ4v) is 1.76. The summed E-state index contributed by atoms with van der Waals surface area (Å²) in [4.78, 5) is 8.43. The molecule has 2 aromatic rings. The molecule has 0 aliphatic rings. The van der Waals surface area contributed by atoms with Gasteiger partial charge in [-0.15, -0.1) is 0 Å². The molecule has 0 unspecified atom stereocenters. The van der Waals surface area contributed by atoms with Gasteiger partial charge in [0, 0.05) is 6.20 Å². The molecule has 16 heavy (non-hydrogen) atoms. The highest BCUT2D eigenvalue weighted by Crippen LogP contribution is 2.13. The largest absolute Gasteiger partial charge is 0.378 e. The number of hydrogen-bond acceptors (Lipinski definition) is 3. The zero-order valence-corrected chi connectivity index (χ0v) is 10.5. The van der Waals surface area contributed by atoms with E-state index in [1.54, 1.807) is 6.20 Å². The molecule has 4 heteroatoms. The fourth-order valence-electron chi connectivity index (χ4n) is 1.38. The van der Waals surface area contributed by atoms with Gasteiger partial charge in [0.1, 0.15) is 4.60 Å². The maximum atomic E-state index is 4.35. The lowest BCUT2D eigenvalue weighted by molar-refractivity contribution is 1.02. The minimum absolute atomic E-state index is 0.700. The minimum atomic E-state index is 0.700. The van der Waals surface area contributed by atoms with Crippen LogP contribution in [0.1, 0.15) is 11.3 Å². The Morgan fingerprint density at radius 1 is 1.31 bits per heavy atom. The normalized spacial score (nSPS) is 10.1. The van der Waals surface area contributed by atoms with Gasteiger partial charge in [-0.1, -0.05) is 6.07 Å². The molecule has 2 heterocycles. The molecule has 0 aromatic carbocycles. The van der Waals surface area contributed by atoms with E-state index in [2.05, 4.69) is 38.1 Å². The van der Waals surface area contributed by atoms with Crippen LogP contribution < -0.4 is 5.32 Å². The second kappa shape index (κ2) is 5.07. The Bertz CT molecular complexity index is 485. The SMILES string of the molecule is Cc1ccncc1NCc1cccc(Br)n1. The third-order valence-corrected chi connectivity index (χ3v) is 2.71. The number of hydrogen-bond donors (Lipinski definition) is 1. The van der Waals surface area contributed by atoms with Crippen LogP contribution in [0.3, 0.4) is 0 Å². The van der Waals surface area contributed by atoms with Crippen LogP contribution >= 0.6 is 15.9 Å². The number of nitrogens with zero attached hydrogens (tertiary/aromatic N) is 2. The van der Waals surface area contributed by atoms with E-state index in [0.717, 1.165) is 16.0 Å². The van der Waals surface area contributed by atoms with Gasteiger partial charge in [0.2, 0.25) is 0 Å². The topological polar surface area (TPSA) is 37.8 Å². The molecule has 3 nitrogen and oxygen atoms in total. The van der Waals surface area contributed by atoms with E-state index in [1.165, 1.54) is 5.56 Å². The van der Waals surface area contributed by atoms with Gasteiger partial charge >= 0.3 is 0 Å². The van der Waals surface area contributed by atoms with E-state index in [-0.39, 0.29) is 0 Å². The number of aryl methyl sites for hydroxylation is 1. The molecule has 2 rings (SSSR count). The van der Waals surface area contributed by atoms with E-state index >= 15 is 0 Å². The number of anilines is 1. The average Bonchev–Trinajstić information content (AvgIpc) is 2.28. The Hall–Kier alpha value is -1.42. The zero-order chi connectivity index (χ0) is 11.4. The molecule has 0 radical (unpaired) electrons. The second-order valence-corrected chi connectivity index (χ2v) is 4.31. The van der Waals surface area contributed by atoms with E-state index in [1.807, 2.05) is 30.5 Å². The van der Waals surface area contributed by atoms with Crippen LogP contribution in [0.4, 0.5) is 5.69 Å². The van der Waals surface area contributed by atoms with Gasteiger partial charge in [0.25, 0.3) is 0 Å². The predicted octanol–water partition coefficient (Wildman–Crippen LogP) is 3.16. The highest BCUT2D eigenvalue weighted by Gasteiger charge is 1.98. The van der Waals surface area contributed by atoms with Crippen molar-refractivity contribution in [2.24, 2.45) is 0 Å². The highest BCUT2D eigenvalue weighted by atomic mass is 79.9. The van der Waals surface area contributed by atoms with Gasteiger partial charge in [-0.2, -0.15) is 0 Å². The quantitative estimate of drug-likeness (QED) is 0.876. The van der Waals surface area contributed by atoms with Crippen molar-refractivity contribution < 1.29 is 0 Å². The first-order valence-corrected chi connectivity index (χ1v) is 5.81. The van der Waals surface area contributed by atoms with Gasteiger partial charge in [-0.05, 0) is 46.6 Å². The third-order valence-electron chi connectivity index (χ3n) is 2.27. The molecule has 1 N–H and O–H groups in total. The number of aromatic nitrogens is 2. The maximum Gasteiger partial charge on any atom is 0.106 e. The summed E-state index contributed by atoms with van der Waals surface area (Å²) in [7, 11) is 0. The van der Waals surface area contributed by atoms with Gasteiger partial charge in [-0.25, -0.2) is 4.98 Å². The van der Waals surface area contributed by atoms with Crippen molar-refractivity contribution >= 4 is 21.6 Å². The summed E-state index contributed by atoms with van der Waals surface area (Å²) in [6.45, 7) is 2.75. The first kappa shape index (κ1) is 11.1. The fraction of sp³-hybridized carbons (Fsp3) is 0.167. The van der Waals surface area contributed by atoms with Gasteiger partial charge < -0.3 is 5.32 Å². The third kappa shape index (κ3) is 2.79. The number of pyridine rings is 2. The van der Waals surface area contributed by atoms with Gasteiger partial charge in [0.05, 0.1) is 24.1 Å². The van der Waals surface area contributed by atoms with Crippen molar-refractivity contribution in [3.8, 4) is 0 Å². The highest BCUT2D eigenvalue weighted by molar-refractivity contribution is 9.10. The zero-order valence-electron chi connectivity index (χ0n) is 8.94. The maximum absolute atomic E-state index is 4.35. The van der Waals surface area contributed by atoms with Crippen LogP contribution in [0.15, 0.2) is 41.3 Å². The second-order valence-electron chi connectivity index (χ2n) is 3.50.